The first kappa shape index (κ1) is 22.8. The Hall–Kier alpha value is -2.84. The first-order valence-electron chi connectivity index (χ1n) is 9.97. The van der Waals surface area contributed by atoms with Crippen molar-refractivity contribution in [2.45, 2.75) is 44.9 Å². The highest BCUT2D eigenvalue weighted by Gasteiger charge is 2.30. The Bertz CT molecular complexity index is 903. The van der Waals surface area contributed by atoms with Crippen LogP contribution in [0.5, 0.6) is 11.5 Å². The average Bonchev–Trinajstić information content (AvgIpc) is 3.14. The Kier molecular flexibility index (Phi) is 7.02. The summed E-state index contributed by atoms with van der Waals surface area (Å²) < 4.78 is 61.5. The SMILES string of the molecule is CC(=O)C[C@@H](C)c1ccc(OC2CCN(c3ncc(OCC(F)(F)F)cc3F)C2)cc1. The molecule has 5 nitrogen and oxygen atoms in total. The molecule has 0 bridgehead atoms. The van der Waals surface area contributed by atoms with Crippen molar-refractivity contribution >= 4 is 11.6 Å². The minimum absolute atomic E-state index is 0.0545. The summed E-state index contributed by atoms with van der Waals surface area (Å²) in [6, 6.07) is 8.46. The van der Waals surface area contributed by atoms with Crippen LogP contribution in [0.15, 0.2) is 36.5 Å². The lowest BCUT2D eigenvalue weighted by molar-refractivity contribution is -0.153. The fraction of sp³-hybridized carbons (Fsp3) is 0.455. The van der Waals surface area contributed by atoms with E-state index in [1.165, 1.54) is 0 Å². The van der Waals surface area contributed by atoms with Crippen molar-refractivity contribution in [3.8, 4) is 11.5 Å². The Balaban J connectivity index is 1.56. The van der Waals surface area contributed by atoms with Crippen molar-refractivity contribution in [3.05, 3.63) is 47.9 Å². The third-order valence-corrected chi connectivity index (χ3v) is 4.99. The molecule has 0 saturated carbocycles. The summed E-state index contributed by atoms with van der Waals surface area (Å²) in [5.41, 5.74) is 1.05. The summed E-state index contributed by atoms with van der Waals surface area (Å²) in [6.45, 7) is 2.97. The van der Waals surface area contributed by atoms with E-state index in [-0.39, 0.29) is 29.4 Å². The molecular weight excluding hydrogens is 416 g/mol. The number of anilines is 1. The largest absolute Gasteiger partial charge is 0.489 e. The molecule has 2 aromatic rings. The van der Waals surface area contributed by atoms with Gasteiger partial charge < -0.3 is 19.2 Å². The third kappa shape index (κ3) is 6.57. The van der Waals surface area contributed by atoms with Crippen LogP contribution in [0.2, 0.25) is 0 Å². The van der Waals surface area contributed by atoms with E-state index >= 15 is 0 Å². The molecular formula is C22H24F4N2O3. The van der Waals surface area contributed by atoms with Gasteiger partial charge in [0.1, 0.15) is 23.4 Å². The van der Waals surface area contributed by atoms with E-state index in [9.17, 15) is 22.4 Å². The number of carbonyl (C=O) groups excluding carboxylic acids is 1. The Morgan fingerprint density at radius 2 is 1.97 bits per heavy atom. The van der Waals surface area contributed by atoms with Gasteiger partial charge in [-0.3, -0.25) is 0 Å². The van der Waals surface area contributed by atoms with Crippen LogP contribution in [0.25, 0.3) is 0 Å². The van der Waals surface area contributed by atoms with E-state index in [0.717, 1.165) is 17.8 Å². The molecule has 2 heterocycles. The molecule has 1 unspecified atom stereocenters. The number of ether oxygens (including phenoxy) is 2. The molecule has 1 aliphatic heterocycles. The van der Waals surface area contributed by atoms with Crippen LogP contribution >= 0.6 is 0 Å². The molecule has 3 rings (SSSR count). The summed E-state index contributed by atoms with van der Waals surface area (Å²) in [6.07, 6.45) is -2.47. The quantitative estimate of drug-likeness (QED) is 0.547. The molecule has 1 aromatic carbocycles. The zero-order valence-electron chi connectivity index (χ0n) is 17.3. The molecule has 31 heavy (non-hydrogen) atoms. The highest BCUT2D eigenvalue weighted by atomic mass is 19.4. The average molecular weight is 440 g/mol. The van der Waals surface area contributed by atoms with Gasteiger partial charge in [0, 0.05) is 25.5 Å². The number of hydrogen-bond donors (Lipinski definition) is 0. The van der Waals surface area contributed by atoms with Crippen molar-refractivity contribution in [1.29, 1.82) is 0 Å². The second-order valence-corrected chi connectivity index (χ2v) is 7.73. The number of aromatic nitrogens is 1. The normalized spacial score (nSPS) is 17.5. The van der Waals surface area contributed by atoms with E-state index in [1.807, 2.05) is 31.2 Å². The molecule has 0 aliphatic carbocycles. The monoisotopic (exact) mass is 440 g/mol. The van der Waals surface area contributed by atoms with Gasteiger partial charge in [-0.2, -0.15) is 13.2 Å². The number of nitrogens with zero attached hydrogens (tertiary/aromatic N) is 2. The van der Waals surface area contributed by atoms with Crippen LogP contribution in [0, 0.1) is 5.82 Å². The first-order chi connectivity index (χ1) is 14.6. The summed E-state index contributed by atoms with van der Waals surface area (Å²) >= 11 is 0. The molecule has 168 valence electrons. The van der Waals surface area contributed by atoms with E-state index < -0.39 is 18.6 Å². The number of ketones is 1. The summed E-state index contributed by atoms with van der Waals surface area (Å²) in [5, 5.41) is 0. The molecule has 1 aliphatic rings. The first-order valence-corrected chi connectivity index (χ1v) is 9.97. The molecule has 2 atom stereocenters. The third-order valence-electron chi connectivity index (χ3n) is 4.99. The van der Waals surface area contributed by atoms with Gasteiger partial charge >= 0.3 is 6.18 Å². The van der Waals surface area contributed by atoms with Gasteiger partial charge in [-0.15, -0.1) is 0 Å². The van der Waals surface area contributed by atoms with E-state index in [2.05, 4.69) is 9.72 Å². The fourth-order valence-corrected chi connectivity index (χ4v) is 3.52. The van der Waals surface area contributed by atoms with Crippen LogP contribution in [0.4, 0.5) is 23.4 Å². The second-order valence-electron chi connectivity index (χ2n) is 7.73. The van der Waals surface area contributed by atoms with Crippen LogP contribution in [0.3, 0.4) is 0 Å². The minimum atomic E-state index is -4.50. The van der Waals surface area contributed by atoms with Crippen molar-refractivity contribution in [2.24, 2.45) is 0 Å². The lowest BCUT2D eigenvalue weighted by Gasteiger charge is -2.19. The fourth-order valence-electron chi connectivity index (χ4n) is 3.52. The molecule has 1 aromatic heterocycles. The standard InChI is InChI=1S/C22H24F4N2O3/c1-14(9-15(2)29)16-3-5-17(6-4-16)31-18-7-8-28(12-18)21-20(23)10-19(11-27-21)30-13-22(24,25)26/h3-6,10-11,14,18H,7-9,12-13H2,1-2H3/t14-,18?/m1/s1. The number of hydrogen-bond acceptors (Lipinski definition) is 5. The van der Waals surface area contributed by atoms with Gasteiger partial charge in [-0.1, -0.05) is 19.1 Å². The maximum Gasteiger partial charge on any atom is 0.422 e. The van der Waals surface area contributed by atoms with Crippen LogP contribution in [-0.4, -0.2) is 42.7 Å². The molecule has 0 amide bonds. The van der Waals surface area contributed by atoms with E-state index in [1.54, 1.807) is 11.8 Å². The molecule has 1 fully saturated rings. The second kappa shape index (κ2) is 9.53. The van der Waals surface area contributed by atoms with Crippen LogP contribution < -0.4 is 14.4 Å². The maximum absolute atomic E-state index is 14.4. The van der Waals surface area contributed by atoms with Crippen molar-refractivity contribution in [1.82, 2.24) is 4.98 Å². The molecule has 0 radical (unpaired) electrons. The van der Waals surface area contributed by atoms with Crippen LogP contribution in [-0.2, 0) is 4.79 Å². The van der Waals surface area contributed by atoms with Crippen molar-refractivity contribution < 1.29 is 31.8 Å². The smallest absolute Gasteiger partial charge is 0.422 e. The lowest BCUT2D eigenvalue weighted by atomic mass is 9.96. The zero-order chi connectivity index (χ0) is 22.6. The van der Waals surface area contributed by atoms with Crippen molar-refractivity contribution in [2.75, 3.05) is 24.6 Å². The van der Waals surface area contributed by atoms with E-state index in [0.29, 0.717) is 31.7 Å². The van der Waals surface area contributed by atoms with E-state index in [4.69, 9.17) is 4.74 Å². The Morgan fingerprint density at radius 1 is 1.26 bits per heavy atom. The number of benzene rings is 1. The Labute approximate surface area is 178 Å². The predicted molar refractivity (Wildman–Crippen MR) is 107 cm³/mol. The van der Waals surface area contributed by atoms with Gasteiger partial charge in [0.2, 0.25) is 0 Å². The summed E-state index contributed by atoms with van der Waals surface area (Å²) in [7, 11) is 0. The zero-order valence-corrected chi connectivity index (χ0v) is 17.3. The maximum atomic E-state index is 14.4. The van der Waals surface area contributed by atoms with Crippen molar-refractivity contribution in [3.63, 3.8) is 0 Å². The number of carbonyl (C=O) groups is 1. The number of Topliss-reactive ketones (excluding diaryl/α,β-unsaturated/α-hetero) is 1. The topological polar surface area (TPSA) is 51.7 Å². The number of pyridine rings is 1. The van der Waals surface area contributed by atoms with Gasteiger partial charge in [0.25, 0.3) is 0 Å². The van der Waals surface area contributed by atoms with Gasteiger partial charge in [-0.25, -0.2) is 9.37 Å². The molecule has 9 heteroatoms. The summed E-state index contributed by atoms with van der Waals surface area (Å²) in [5.74, 6) is -0.0204. The summed E-state index contributed by atoms with van der Waals surface area (Å²) in [4.78, 5) is 16.9. The lowest BCUT2D eigenvalue weighted by Crippen LogP contribution is -2.26. The number of alkyl halides is 3. The number of halogens is 4. The highest BCUT2D eigenvalue weighted by Crippen LogP contribution is 2.28. The molecule has 0 spiro atoms. The van der Waals surface area contributed by atoms with Gasteiger partial charge in [0.05, 0.1) is 12.7 Å². The Morgan fingerprint density at radius 3 is 2.58 bits per heavy atom. The minimum Gasteiger partial charge on any atom is -0.489 e. The highest BCUT2D eigenvalue weighted by molar-refractivity contribution is 5.76. The van der Waals surface area contributed by atoms with Gasteiger partial charge in [-0.05, 0) is 30.5 Å². The van der Waals surface area contributed by atoms with Crippen LogP contribution in [0.1, 0.15) is 38.2 Å². The number of rotatable bonds is 8. The molecule has 0 N–H and O–H groups in total. The predicted octanol–water partition coefficient (Wildman–Crippen LogP) is 4.90. The van der Waals surface area contributed by atoms with Gasteiger partial charge in [0.15, 0.2) is 18.2 Å². The molecule has 1 saturated heterocycles.